The van der Waals surface area contributed by atoms with Gasteiger partial charge in [-0.05, 0) is 23.6 Å². The van der Waals surface area contributed by atoms with Gasteiger partial charge in [0.15, 0.2) is 0 Å². The topological polar surface area (TPSA) is 24.5 Å². The number of hydrogen-bond donors (Lipinski definition) is 1. The van der Waals surface area contributed by atoms with E-state index in [-0.39, 0.29) is 11.2 Å². The van der Waals surface area contributed by atoms with Crippen molar-refractivity contribution in [3.8, 4) is 0 Å². The van der Waals surface area contributed by atoms with Crippen molar-refractivity contribution in [1.82, 2.24) is 0 Å². The van der Waals surface area contributed by atoms with Crippen molar-refractivity contribution in [3.63, 3.8) is 0 Å². The fraction of sp³-hybridized carbons (Fsp3) is 0.571. The van der Waals surface area contributed by atoms with Crippen LogP contribution < -0.4 is 10.2 Å². The van der Waals surface area contributed by atoms with Gasteiger partial charge in [-0.15, -0.1) is 0 Å². The van der Waals surface area contributed by atoms with Gasteiger partial charge in [-0.1, -0.05) is 13.8 Å². The average Bonchev–Trinajstić information content (AvgIpc) is 2.44. The standard InChI is InChI=1S/C14H21FN2O/c1-14(2)9-16-12-8-11(15)4-5-13(12)17(10-14)6-7-18-3/h4-5,8,16H,6-7,9-10H2,1-3H3. The number of nitrogens with zero attached hydrogens (tertiary/aromatic N) is 1. The van der Waals surface area contributed by atoms with Crippen LogP contribution in [0.15, 0.2) is 18.2 Å². The molecule has 2 rings (SSSR count). The molecule has 0 fully saturated rings. The first-order chi connectivity index (χ1) is 8.52. The smallest absolute Gasteiger partial charge is 0.125 e. The lowest BCUT2D eigenvalue weighted by Gasteiger charge is -2.30. The van der Waals surface area contributed by atoms with Crippen LogP contribution in [0.3, 0.4) is 0 Å². The van der Waals surface area contributed by atoms with Gasteiger partial charge < -0.3 is 15.0 Å². The maximum absolute atomic E-state index is 13.3. The fourth-order valence-corrected chi connectivity index (χ4v) is 2.32. The van der Waals surface area contributed by atoms with Gasteiger partial charge in [0, 0.05) is 26.7 Å². The fourth-order valence-electron chi connectivity index (χ4n) is 2.32. The van der Waals surface area contributed by atoms with E-state index in [1.807, 2.05) is 6.07 Å². The van der Waals surface area contributed by atoms with Crippen LogP contribution in [0.5, 0.6) is 0 Å². The van der Waals surface area contributed by atoms with Crippen LogP contribution in [-0.2, 0) is 4.74 Å². The van der Waals surface area contributed by atoms with E-state index >= 15 is 0 Å². The highest BCUT2D eigenvalue weighted by Gasteiger charge is 2.27. The highest BCUT2D eigenvalue weighted by atomic mass is 19.1. The summed E-state index contributed by atoms with van der Waals surface area (Å²) < 4.78 is 18.5. The van der Waals surface area contributed by atoms with E-state index in [4.69, 9.17) is 4.74 Å². The minimum absolute atomic E-state index is 0.142. The van der Waals surface area contributed by atoms with Gasteiger partial charge in [-0.2, -0.15) is 0 Å². The van der Waals surface area contributed by atoms with Gasteiger partial charge in [0.25, 0.3) is 0 Å². The summed E-state index contributed by atoms with van der Waals surface area (Å²) in [7, 11) is 1.70. The van der Waals surface area contributed by atoms with Crippen molar-refractivity contribution < 1.29 is 9.13 Å². The molecule has 1 aliphatic rings. The quantitative estimate of drug-likeness (QED) is 0.895. The summed E-state index contributed by atoms with van der Waals surface area (Å²) in [5.74, 6) is -0.201. The first-order valence-electron chi connectivity index (χ1n) is 6.29. The second-order valence-corrected chi connectivity index (χ2v) is 5.59. The van der Waals surface area contributed by atoms with Crippen molar-refractivity contribution in [1.29, 1.82) is 0 Å². The average molecular weight is 252 g/mol. The summed E-state index contributed by atoms with van der Waals surface area (Å²) in [4.78, 5) is 2.26. The summed E-state index contributed by atoms with van der Waals surface area (Å²) in [5, 5.41) is 3.34. The summed E-state index contributed by atoms with van der Waals surface area (Å²) in [6.45, 7) is 7.69. The Morgan fingerprint density at radius 2 is 2.22 bits per heavy atom. The number of methoxy groups -OCH3 is 1. The van der Waals surface area contributed by atoms with E-state index in [1.54, 1.807) is 13.2 Å². The second-order valence-electron chi connectivity index (χ2n) is 5.59. The van der Waals surface area contributed by atoms with Gasteiger partial charge in [0.1, 0.15) is 5.82 Å². The molecule has 100 valence electrons. The minimum atomic E-state index is -0.201. The number of hydrogen-bond acceptors (Lipinski definition) is 3. The van der Waals surface area contributed by atoms with Crippen LogP contribution in [0.1, 0.15) is 13.8 Å². The Morgan fingerprint density at radius 1 is 1.44 bits per heavy atom. The first kappa shape index (κ1) is 13.1. The monoisotopic (exact) mass is 252 g/mol. The van der Waals surface area contributed by atoms with Gasteiger partial charge in [0.2, 0.25) is 0 Å². The number of anilines is 2. The Balaban J connectivity index is 2.30. The predicted octanol–water partition coefficient (Wildman–Crippen LogP) is 2.73. The van der Waals surface area contributed by atoms with Crippen molar-refractivity contribution in [3.05, 3.63) is 24.0 Å². The summed E-state index contributed by atoms with van der Waals surface area (Å²) in [5.41, 5.74) is 2.07. The Labute approximate surface area is 108 Å². The lowest BCUT2D eigenvalue weighted by Crippen LogP contribution is -2.37. The third kappa shape index (κ3) is 2.93. The molecule has 18 heavy (non-hydrogen) atoms. The minimum Gasteiger partial charge on any atom is -0.383 e. The SMILES string of the molecule is COCCN1CC(C)(C)CNc2cc(F)ccc21. The number of benzene rings is 1. The second kappa shape index (κ2) is 5.14. The van der Waals surface area contributed by atoms with Crippen LogP contribution >= 0.6 is 0 Å². The zero-order valence-electron chi connectivity index (χ0n) is 11.3. The first-order valence-corrected chi connectivity index (χ1v) is 6.29. The molecule has 1 aliphatic heterocycles. The Bertz CT molecular complexity index is 420. The molecule has 4 heteroatoms. The molecular weight excluding hydrogens is 231 g/mol. The summed E-state index contributed by atoms with van der Waals surface area (Å²) in [6.07, 6.45) is 0. The van der Waals surface area contributed by atoms with E-state index in [0.29, 0.717) is 6.61 Å². The van der Waals surface area contributed by atoms with E-state index in [9.17, 15) is 4.39 Å². The van der Waals surface area contributed by atoms with Gasteiger partial charge >= 0.3 is 0 Å². The third-order valence-electron chi connectivity index (χ3n) is 3.24. The van der Waals surface area contributed by atoms with E-state index in [1.165, 1.54) is 6.07 Å². The molecule has 1 aromatic rings. The van der Waals surface area contributed by atoms with E-state index in [0.717, 1.165) is 31.0 Å². The molecule has 0 saturated heterocycles. The molecule has 0 spiro atoms. The van der Waals surface area contributed by atoms with E-state index in [2.05, 4.69) is 24.1 Å². The zero-order valence-corrected chi connectivity index (χ0v) is 11.3. The number of nitrogens with one attached hydrogen (secondary N) is 1. The molecule has 0 amide bonds. The highest BCUT2D eigenvalue weighted by Crippen LogP contribution is 2.33. The van der Waals surface area contributed by atoms with Crippen LogP contribution in [0.2, 0.25) is 0 Å². The van der Waals surface area contributed by atoms with Crippen LogP contribution in [0.4, 0.5) is 15.8 Å². The maximum atomic E-state index is 13.3. The molecule has 0 unspecified atom stereocenters. The van der Waals surface area contributed by atoms with Crippen molar-refractivity contribution in [2.24, 2.45) is 5.41 Å². The van der Waals surface area contributed by atoms with Crippen LogP contribution in [0, 0.1) is 11.2 Å². The van der Waals surface area contributed by atoms with Crippen molar-refractivity contribution in [2.75, 3.05) is 43.6 Å². The predicted molar refractivity (Wildman–Crippen MR) is 72.8 cm³/mol. The molecule has 1 heterocycles. The Morgan fingerprint density at radius 3 is 2.94 bits per heavy atom. The zero-order chi connectivity index (χ0) is 13.2. The largest absolute Gasteiger partial charge is 0.383 e. The molecule has 0 aromatic heterocycles. The normalized spacial score (nSPS) is 17.9. The van der Waals surface area contributed by atoms with Crippen molar-refractivity contribution >= 4 is 11.4 Å². The number of rotatable bonds is 3. The number of fused-ring (bicyclic) bond motifs is 1. The number of halogens is 1. The summed E-state index contributed by atoms with van der Waals surface area (Å²) >= 11 is 0. The van der Waals surface area contributed by atoms with Gasteiger partial charge in [-0.25, -0.2) is 4.39 Å². The molecular formula is C14H21FN2O. The van der Waals surface area contributed by atoms with Crippen LogP contribution in [0.25, 0.3) is 0 Å². The summed E-state index contributed by atoms with van der Waals surface area (Å²) in [6, 6.07) is 4.92. The lowest BCUT2D eigenvalue weighted by atomic mass is 9.93. The molecule has 3 nitrogen and oxygen atoms in total. The molecule has 0 bridgehead atoms. The van der Waals surface area contributed by atoms with Gasteiger partial charge in [-0.3, -0.25) is 0 Å². The number of ether oxygens (including phenoxy) is 1. The molecule has 0 aliphatic carbocycles. The molecule has 0 radical (unpaired) electrons. The highest BCUT2D eigenvalue weighted by molar-refractivity contribution is 5.71. The molecule has 0 saturated carbocycles. The maximum Gasteiger partial charge on any atom is 0.125 e. The molecule has 0 atom stereocenters. The Hall–Kier alpha value is -1.29. The third-order valence-corrected chi connectivity index (χ3v) is 3.24. The Kier molecular flexibility index (Phi) is 3.76. The van der Waals surface area contributed by atoms with E-state index < -0.39 is 0 Å². The lowest BCUT2D eigenvalue weighted by molar-refractivity contribution is 0.203. The molecule has 1 N–H and O–H groups in total. The van der Waals surface area contributed by atoms with Crippen LogP contribution in [-0.4, -0.2) is 33.4 Å². The van der Waals surface area contributed by atoms with Crippen molar-refractivity contribution in [2.45, 2.75) is 13.8 Å². The molecule has 1 aromatic carbocycles. The van der Waals surface area contributed by atoms with Gasteiger partial charge in [0.05, 0.1) is 18.0 Å².